The maximum Gasteiger partial charge on any atom is 0.301 e. The summed E-state index contributed by atoms with van der Waals surface area (Å²) in [5, 5.41) is 11.0. The monoisotopic (exact) mass is 333 g/mol. The van der Waals surface area contributed by atoms with Gasteiger partial charge in [-0.15, -0.1) is 0 Å². The van der Waals surface area contributed by atoms with Gasteiger partial charge in [0.2, 0.25) is 0 Å². The lowest BCUT2D eigenvalue weighted by atomic mass is 9.84. The standard InChI is InChI=1S/C14H7NO7S/c16-13-7-3-1-2-4-8(7)14(17)10-6-12(23(20,21)22)11(15(18)19)5-9(10)13/h1-6H,(H,20,21,22). The number of nitrogens with zero attached hydrogens (tertiary/aromatic N) is 1. The number of hydrogen-bond acceptors (Lipinski definition) is 6. The van der Waals surface area contributed by atoms with Crippen molar-refractivity contribution in [3.63, 3.8) is 0 Å². The molecule has 0 aromatic heterocycles. The molecule has 0 saturated heterocycles. The lowest BCUT2D eigenvalue weighted by Gasteiger charge is -2.17. The molecule has 2 aromatic carbocycles. The summed E-state index contributed by atoms with van der Waals surface area (Å²) in [4.78, 5) is 33.8. The van der Waals surface area contributed by atoms with E-state index in [4.69, 9.17) is 4.55 Å². The zero-order chi connectivity index (χ0) is 16.9. The molecule has 0 amide bonds. The van der Waals surface area contributed by atoms with Gasteiger partial charge in [-0.1, -0.05) is 24.3 Å². The van der Waals surface area contributed by atoms with Crippen LogP contribution in [0.15, 0.2) is 41.3 Å². The van der Waals surface area contributed by atoms with E-state index in [2.05, 4.69) is 0 Å². The largest absolute Gasteiger partial charge is 0.301 e. The Hall–Kier alpha value is -2.91. The van der Waals surface area contributed by atoms with Gasteiger partial charge in [-0.25, -0.2) is 0 Å². The van der Waals surface area contributed by atoms with Crippen molar-refractivity contribution in [3.8, 4) is 0 Å². The van der Waals surface area contributed by atoms with Crippen molar-refractivity contribution < 1.29 is 27.5 Å². The van der Waals surface area contributed by atoms with E-state index in [1.54, 1.807) is 0 Å². The molecule has 0 atom stereocenters. The maximum absolute atomic E-state index is 12.4. The van der Waals surface area contributed by atoms with Crippen LogP contribution in [0.3, 0.4) is 0 Å². The van der Waals surface area contributed by atoms with Gasteiger partial charge >= 0.3 is 10.1 Å². The Bertz CT molecular complexity index is 1010. The molecule has 3 rings (SSSR count). The van der Waals surface area contributed by atoms with E-state index in [0.29, 0.717) is 12.1 Å². The Morgan fingerprint density at radius 2 is 1.39 bits per heavy atom. The van der Waals surface area contributed by atoms with Gasteiger partial charge in [-0.05, 0) is 6.07 Å². The number of nitro benzene ring substituents is 1. The normalized spacial score (nSPS) is 13.4. The summed E-state index contributed by atoms with van der Waals surface area (Å²) in [5.41, 5.74) is -1.38. The van der Waals surface area contributed by atoms with Gasteiger partial charge in [0.05, 0.1) is 4.92 Å². The summed E-state index contributed by atoms with van der Waals surface area (Å²) < 4.78 is 31.8. The van der Waals surface area contributed by atoms with Gasteiger partial charge < -0.3 is 0 Å². The van der Waals surface area contributed by atoms with Crippen molar-refractivity contribution in [1.29, 1.82) is 0 Å². The first-order chi connectivity index (χ1) is 10.7. The fourth-order valence-electron chi connectivity index (χ4n) is 2.46. The number of carbonyl (C=O) groups is 2. The zero-order valence-electron chi connectivity index (χ0n) is 11.2. The van der Waals surface area contributed by atoms with E-state index in [1.165, 1.54) is 24.3 Å². The highest BCUT2D eigenvalue weighted by Gasteiger charge is 2.35. The van der Waals surface area contributed by atoms with Crippen LogP contribution in [0.5, 0.6) is 0 Å². The summed E-state index contributed by atoms with van der Waals surface area (Å²) in [7, 11) is -4.94. The van der Waals surface area contributed by atoms with Crippen molar-refractivity contribution in [2.45, 2.75) is 4.90 Å². The molecule has 1 aliphatic carbocycles. The predicted octanol–water partition coefficient (Wildman–Crippen LogP) is 1.62. The molecule has 0 saturated carbocycles. The summed E-state index contributed by atoms with van der Waals surface area (Å²) in [5.74, 6) is -1.27. The van der Waals surface area contributed by atoms with Gasteiger partial charge in [0.15, 0.2) is 16.5 Å². The molecule has 23 heavy (non-hydrogen) atoms. The van der Waals surface area contributed by atoms with Crippen LogP contribution in [0.2, 0.25) is 0 Å². The molecule has 2 aromatic rings. The van der Waals surface area contributed by atoms with Crippen LogP contribution in [-0.2, 0) is 10.1 Å². The lowest BCUT2D eigenvalue weighted by molar-refractivity contribution is -0.387. The molecule has 0 bridgehead atoms. The van der Waals surface area contributed by atoms with Crippen molar-refractivity contribution in [3.05, 3.63) is 68.8 Å². The molecule has 0 heterocycles. The van der Waals surface area contributed by atoms with Crippen LogP contribution >= 0.6 is 0 Å². The van der Waals surface area contributed by atoms with Crippen molar-refractivity contribution in [2.75, 3.05) is 0 Å². The zero-order valence-corrected chi connectivity index (χ0v) is 12.0. The fraction of sp³-hybridized carbons (Fsp3) is 0. The molecular weight excluding hydrogens is 326 g/mol. The van der Waals surface area contributed by atoms with Gasteiger partial charge in [-0.2, -0.15) is 8.42 Å². The third kappa shape index (κ3) is 2.22. The topological polar surface area (TPSA) is 132 Å². The first-order valence-corrected chi connectivity index (χ1v) is 7.64. The first kappa shape index (κ1) is 15.0. The summed E-state index contributed by atoms with van der Waals surface area (Å²) in [6, 6.07) is 7.24. The average molecular weight is 333 g/mol. The molecule has 0 spiro atoms. The minimum absolute atomic E-state index is 0.0696. The van der Waals surface area contributed by atoms with Gasteiger partial charge in [0.25, 0.3) is 5.69 Å². The van der Waals surface area contributed by atoms with Crippen LogP contribution in [0.1, 0.15) is 31.8 Å². The highest BCUT2D eigenvalue weighted by atomic mass is 32.2. The Kier molecular flexibility index (Phi) is 3.13. The van der Waals surface area contributed by atoms with Crippen molar-refractivity contribution >= 4 is 27.4 Å². The molecule has 0 aliphatic heterocycles. The van der Waals surface area contributed by atoms with E-state index < -0.39 is 37.2 Å². The van der Waals surface area contributed by atoms with E-state index in [-0.39, 0.29) is 22.3 Å². The van der Waals surface area contributed by atoms with Crippen LogP contribution in [-0.4, -0.2) is 29.5 Å². The second-order valence-electron chi connectivity index (χ2n) is 4.80. The van der Waals surface area contributed by atoms with E-state index >= 15 is 0 Å². The molecule has 9 heteroatoms. The third-order valence-electron chi connectivity index (χ3n) is 3.48. The van der Waals surface area contributed by atoms with Crippen molar-refractivity contribution in [1.82, 2.24) is 0 Å². The highest BCUT2D eigenvalue weighted by molar-refractivity contribution is 7.86. The second-order valence-corrected chi connectivity index (χ2v) is 6.19. The SMILES string of the molecule is O=C1c2ccccc2C(=O)c2cc(S(=O)(=O)O)c([N+](=O)[O-])cc21. The number of ketones is 2. The molecular formula is C14H7NO7S. The molecule has 1 N–H and O–H groups in total. The molecule has 0 radical (unpaired) electrons. The number of carbonyl (C=O) groups excluding carboxylic acids is 2. The van der Waals surface area contributed by atoms with Crippen LogP contribution < -0.4 is 0 Å². The quantitative estimate of drug-likeness (QED) is 0.428. The second kappa shape index (κ2) is 4.80. The average Bonchev–Trinajstić information content (AvgIpc) is 2.50. The summed E-state index contributed by atoms with van der Waals surface area (Å²) in [6.45, 7) is 0. The van der Waals surface area contributed by atoms with Crippen LogP contribution in [0, 0.1) is 10.1 Å². The summed E-state index contributed by atoms with van der Waals surface area (Å²) >= 11 is 0. The smallest absolute Gasteiger partial charge is 0.289 e. The maximum atomic E-state index is 12.4. The number of fused-ring (bicyclic) bond motifs is 2. The Balaban J connectivity index is 2.38. The van der Waals surface area contributed by atoms with Gasteiger partial charge in [0, 0.05) is 28.3 Å². The minimum Gasteiger partial charge on any atom is -0.289 e. The predicted molar refractivity (Wildman–Crippen MR) is 76.2 cm³/mol. The van der Waals surface area contributed by atoms with Gasteiger partial charge in [-0.3, -0.25) is 24.3 Å². The number of rotatable bonds is 2. The van der Waals surface area contributed by atoms with Crippen LogP contribution in [0.25, 0.3) is 0 Å². The van der Waals surface area contributed by atoms with E-state index in [1.807, 2.05) is 0 Å². The van der Waals surface area contributed by atoms with Crippen LogP contribution in [0.4, 0.5) is 5.69 Å². The van der Waals surface area contributed by atoms with E-state index in [9.17, 15) is 28.1 Å². The molecule has 0 unspecified atom stereocenters. The Morgan fingerprint density at radius 3 is 1.83 bits per heavy atom. The molecule has 8 nitrogen and oxygen atoms in total. The number of hydrogen-bond donors (Lipinski definition) is 1. The minimum atomic E-state index is -4.94. The van der Waals surface area contributed by atoms with Gasteiger partial charge in [0.1, 0.15) is 0 Å². The van der Waals surface area contributed by atoms with Crippen molar-refractivity contribution in [2.24, 2.45) is 0 Å². The fourth-order valence-corrected chi connectivity index (χ4v) is 3.13. The highest BCUT2D eigenvalue weighted by Crippen LogP contribution is 2.34. The first-order valence-electron chi connectivity index (χ1n) is 6.20. The number of benzene rings is 2. The van der Waals surface area contributed by atoms with E-state index in [0.717, 1.165) is 0 Å². The molecule has 0 fully saturated rings. The molecule has 1 aliphatic rings. The lowest BCUT2D eigenvalue weighted by Crippen LogP contribution is -2.22. The Morgan fingerprint density at radius 1 is 0.913 bits per heavy atom. The molecule has 116 valence electrons. The number of nitro groups is 1. The summed E-state index contributed by atoms with van der Waals surface area (Å²) in [6.07, 6.45) is 0. The third-order valence-corrected chi connectivity index (χ3v) is 4.36. The Labute approximate surface area is 129 Å².